The smallest absolute Gasteiger partial charge is 0.407 e. The predicted octanol–water partition coefficient (Wildman–Crippen LogP) is 8.32. The third-order valence-corrected chi connectivity index (χ3v) is 13.6. The van der Waals surface area contributed by atoms with Crippen LogP contribution >= 0.6 is 0 Å². The van der Waals surface area contributed by atoms with Crippen LogP contribution in [0.5, 0.6) is 0 Å². The van der Waals surface area contributed by atoms with Crippen LogP contribution in [0, 0.1) is 0 Å². The number of hydrogen-bond donors (Lipinski definition) is 3. The lowest BCUT2D eigenvalue weighted by Gasteiger charge is -2.45. The van der Waals surface area contributed by atoms with E-state index in [0.717, 1.165) is 104 Å². The Morgan fingerprint density at radius 2 is 1.22 bits per heavy atom. The van der Waals surface area contributed by atoms with E-state index in [0.29, 0.717) is 19.5 Å². The van der Waals surface area contributed by atoms with Crippen molar-refractivity contribution >= 4 is 23.9 Å². The van der Waals surface area contributed by atoms with E-state index in [-0.39, 0.29) is 25.0 Å². The second kappa shape index (κ2) is 22.4. The molecule has 11 heteroatoms. The van der Waals surface area contributed by atoms with Gasteiger partial charge in [0.05, 0.1) is 12.5 Å². The zero-order chi connectivity index (χ0) is 44.9. The van der Waals surface area contributed by atoms with E-state index in [4.69, 9.17) is 9.47 Å². The molecule has 2 aliphatic carbocycles. The fraction of sp³-hybridized carbons (Fsp3) is 0.472. The Balaban J connectivity index is 1.13. The number of carbonyl (C=O) groups excluding carboxylic acids is 4. The number of nitrogens with one attached hydrogen (secondary N) is 2. The van der Waals surface area contributed by atoms with Gasteiger partial charge in [-0.25, -0.2) is 4.79 Å². The van der Waals surface area contributed by atoms with E-state index >= 15 is 0 Å². The number of piperidine rings is 1. The molecule has 3 N–H and O–H groups in total. The maximum absolute atomic E-state index is 14.9. The summed E-state index contributed by atoms with van der Waals surface area (Å²) in [7, 11) is 1.53. The topological polar surface area (TPSA) is 138 Å². The van der Waals surface area contributed by atoms with Crippen molar-refractivity contribution in [1.29, 1.82) is 0 Å². The van der Waals surface area contributed by atoms with Crippen molar-refractivity contribution in [2.75, 3.05) is 26.7 Å². The normalized spacial score (nSPS) is 18.3. The van der Waals surface area contributed by atoms with E-state index in [9.17, 15) is 24.3 Å². The van der Waals surface area contributed by atoms with E-state index < -0.39 is 54.1 Å². The third-order valence-electron chi connectivity index (χ3n) is 13.6. The molecule has 4 aromatic carbocycles. The largest absolute Gasteiger partial charge is 0.462 e. The van der Waals surface area contributed by atoms with Gasteiger partial charge < -0.3 is 30.1 Å². The van der Waals surface area contributed by atoms with Crippen LogP contribution in [0.1, 0.15) is 112 Å². The van der Waals surface area contributed by atoms with Crippen molar-refractivity contribution in [3.63, 3.8) is 0 Å². The highest BCUT2D eigenvalue weighted by Gasteiger charge is 2.42. The monoisotopic (exact) mass is 870 g/mol. The molecule has 1 aliphatic heterocycles. The van der Waals surface area contributed by atoms with Gasteiger partial charge in [0, 0.05) is 32.5 Å². The highest BCUT2D eigenvalue weighted by Crippen LogP contribution is 2.44. The van der Waals surface area contributed by atoms with Gasteiger partial charge in [-0.15, -0.1) is 0 Å². The summed E-state index contributed by atoms with van der Waals surface area (Å²) in [6, 6.07) is 32.0. The van der Waals surface area contributed by atoms with Crippen LogP contribution in [0.15, 0.2) is 109 Å². The van der Waals surface area contributed by atoms with Crippen LogP contribution in [-0.4, -0.2) is 95.5 Å². The number of likely N-dealkylation sites (tertiary alicyclic amines) is 1. The molecule has 4 aromatic rings. The molecule has 0 spiro atoms. The number of carbonyl (C=O) groups is 4. The molecule has 7 rings (SSSR count). The number of benzene rings is 4. The molecular formula is C53H66N4O7. The number of hydrogen-bond acceptors (Lipinski definition) is 8. The fourth-order valence-electron chi connectivity index (χ4n) is 9.80. The highest BCUT2D eigenvalue weighted by atomic mass is 16.6. The molecule has 1 saturated heterocycles. The Labute approximate surface area is 378 Å². The first-order chi connectivity index (χ1) is 31.1. The number of amides is 3. The van der Waals surface area contributed by atoms with Gasteiger partial charge in [-0.3, -0.25) is 19.3 Å². The number of fused-ring (bicyclic) bond motifs is 3. The number of alkyl carbamates (subject to hydrolysis) is 1. The lowest BCUT2D eigenvalue weighted by atomic mass is 9.93. The Morgan fingerprint density at radius 3 is 1.81 bits per heavy atom. The SMILES string of the molecule is CN(C(=O)[C@H](CC(=O)OC1CCCCCCCC1)NC(=O)OCC1c2ccccc2-c2ccccc21)[C@@H](Cc1ccccc1)C(=O)N[C@@H](Cc1ccccc1)C(C)(O)N1CCCCC1. The molecule has 3 aliphatic rings. The van der Waals surface area contributed by atoms with Crippen LogP contribution in [0.3, 0.4) is 0 Å². The van der Waals surface area contributed by atoms with Crippen LogP contribution in [-0.2, 0) is 36.7 Å². The minimum atomic E-state index is -1.40. The predicted molar refractivity (Wildman–Crippen MR) is 248 cm³/mol. The van der Waals surface area contributed by atoms with Crippen molar-refractivity contribution in [3.05, 3.63) is 131 Å². The first-order valence-electron chi connectivity index (χ1n) is 23.5. The zero-order valence-corrected chi connectivity index (χ0v) is 37.6. The molecule has 4 atom stereocenters. The molecule has 11 nitrogen and oxygen atoms in total. The van der Waals surface area contributed by atoms with Crippen molar-refractivity contribution < 1.29 is 33.8 Å². The first kappa shape index (κ1) is 46.5. The Kier molecular flexibility index (Phi) is 16.3. The van der Waals surface area contributed by atoms with E-state index in [1.165, 1.54) is 11.9 Å². The van der Waals surface area contributed by atoms with Gasteiger partial charge in [0.2, 0.25) is 11.8 Å². The third kappa shape index (κ3) is 12.0. The number of nitrogens with zero attached hydrogens (tertiary/aromatic N) is 2. The van der Waals surface area contributed by atoms with Gasteiger partial charge >= 0.3 is 12.1 Å². The van der Waals surface area contributed by atoms with Crippen molar-refractivity contribution in [1.82, 2.24) is 20.4 Å². The van der Waals surface area contributed by atoms with Crippen molar-refractivity contribution in [2.24, 2.45) is 0 Å². The second-order valence-electron chi connectivity index (χ2n) is 18.1. The standard InChI is InChI=1S/C53H66N4O7/c1-53(62,57-32-20-9-21-33-57)48(35-39-24-12-8-13-25-39)55-50(59)47(34-38-22-10-7-11-23-38)56(2)51(60)46(36-49(58)64-40-26-14-5-3-4-6-15-27-40)54-52(61)63-37-45-43-30-18-16-28-41(43)42-29-17-19-31-44(42)45/h7-8,10-13,16-19,22-25,28-31,40,45-48,62H,3-6,9,14-15,20-21,26-27,32-37H2,1-2H3,(H,54,61)(H,55,59)/t46-,47-,48-,53?/m0/s1. The highest BCUT2D eigenvalue weighted by molar-refractivity contribution is 5.93. The summed E-state index contributed by atoms with van der Waals surface area (Å²) in [5.74, 6) is -1.92. The summed E-state index contributed by atoms with van der Waals surface area (Å²) < 4.78 is 11.9. The van der Waals surface area contributed by atoms with Gasteiger partial charge in [-0.05, 0) is 85.3 Å². The van der Waals surface area contributed by atoms with Crippen LogP contribution in [0.25, 0.3) is 11.1 Å². The molecule has 64 heavy (non-hydrogen) atoms. The molecule has 0 bridgehead atoms. The Morgan fingerprint density at radius 1 is 0.703 bits per heavy atom. The van der Waals surface area contributed by atoms with E-state index in [2.05, 4.69) is 22.8 Å². The summed E-state index contributed by atoms with van der Waals surface area (Å²) in [5.41, 5.74) is 4.61. The molecular weight excluding hydrogens is 805 g/mol. The number of rotatable bonds is 16. The zero-order valence-electron chi connectivity index (χ0n) is 37.6. The van der Waals surface area contributed by atoms with Gasteiger partial charge in [0.15, 0.2) is 0 Å². The molecule has 1 saturated carbocycles. The van der Waals surface area contributed by atoms with Gasteiger partial charge in [-0.1, -0.05) is 141 Å². The molecule has 3 amide bonds. The lowest BCUT2D eigenvalue weighted by molar-refractivity contribution is -0.153. The van der Waals surface area contributed by atoms with Gasteiger partial charge in [-0.2, -0.15) is 0 Å². The number of aliphatic hydroxyl groups is 1. The average molecular weight is 871 g/mol. The molecule has 340 valence electrons. The maximum atomic E-state index is 14.9. The maximum Gasteiger partial charge on any atom is 0.407 e. The molecule has 0 radical (unpaired) electrons. The van der Waals surface area contributed by atoms with E-state index in [1.807, 2.05) is 102 Å². The van der Waals surface area contributed by atoms with Crippen molar-refractivity contribution in [3.8, 4) is 11.1 Å². The number of ether oxygens (including phenoxy) is 2. The van der Waals surface area contributed by atoms with Crippen LogP contribution in [0.4, 0.5) is 4.79 Å². The number of esters is 1. The average Bonchev–Trinajstić information content (AvgIpc) is 3.70. The summed E-state index contributed by atoms with van der Waals surface area (Å²) in [6.07, 6.45) is 9.75. The Hall–Kier alpha value is -5.52. The lowest BCUT2D eigenvalue weighted by Crippen LogP contribution is -2.65. The quantitative estimate of drug-likeness (QED) is 0.0957. The Bertz CT molecular complexity index is 2100. The summed E-state index contributed by atoms with van der Waals surface area (Å²) in [5, 5.41) is 18.2. The minimum absolute atomic E-state index is 0.0158. The summed E-state index contributed by atoms with van der Waals surface area (Å²) >= 11 is 0. The first-order valence-corrected chi connectivity index (χ1v) is 23.5. The summed E-state index contributed by atoms with van der Waals surface area (Å²) in [4.78, 5) is 60.8. The molecule has 2 fully saturated rings. The molecule has 1 unspecified atom stereocenters. The molecule has 0 aromatic heterocycles. The molecule has 1 heterocycles. The fourth-order valence-corrected chi connectivity index (χ4v) is 9.80. The number of likely N-dealkylation sites (N-methyl/N-ethyl adjacent to an activating group) is 1. The minimum Gasteiger partial charge on any atom is -0.462 e. The van der Waals surface area contributed by atoms with Crippen molar-refractivity contribution in [2.45, 2.75) is 133 Å². The van der Waals surface area contributed by atoms with E-state index in [1.54, 1.807) is 6.92 Å². The van der Waals surface area contributed by atoms with Gasteiger partial charge in [0.25, 0.3) is 0 Å². The summed E-state index contributed by atoms with van der Waals surface area (Å²) in [6.45, 7) is 3.16. The van der Waals surface area contributed by atoms with Crippen LogP contribution < -0.4 is 10.6 Å². The van der Waals surface area contributed by atoms with Crippen LogP contribution in [0.2, 0.25) is 0 Å². The second-order valence-corrected chi connectivity index (χ2v) is 18.1. The van der Waals surface area contributed by atoms with Gasteiger partial charge in [0.1, 0.15) is 30.5 Å².